The van der Waals surface area contributed by atoms with E-state index in [9.17, 15) is 23.3 Å². The fourth-order valence-electron chi connectivity index (χ4n) is 3.40. The molecule has 10 nitrogen and oxygen atoms in total. The number of nitro benzene ring substituents is 1. The van der Waals surface area contributed by atoms with Crippen LogP contribution in [0.1, 0.15) is 34.5 Å². The average molecular weight is 484 g/mol. The summed E-state index contributed by atoms with van der Waals surface area (Å²) in [4.78, 5) is 22.9. The predicted molar refractivity (Wildman–Crippen MR) is 124 cm³/mol. The number of ether oxygens (including phenoxy) is 2. The number of nitrogens with zero attached hydrogens (tertiary/aromatic N) is 1. The van der Waals surface area contributed by atoms with E-state index in [0.29, 0.717) is 22.6 Å². The molecule has 1 unspecified atom stereocenters. The number of benzene rings is 3. The summed E-state index contributed by atoms with van der Waals surface area (Å²) < 4.78 is 38.3. The number of sulfonamides is 1. The molecule has 2 N–H and O–H groups in total. The van der Waals surface area contributed by atoms with Gasteiger partial charge >= 0.3 is 0 Å². The highest BCUT2D eigenvalue weighted by atomic mass is 32.2. The Morgan fingerprint density at radius 1 is 1.03 bits per heavy atom. The number of rotatable bonds is 7. The molecule has 1 amide bonds. The van der Waals surface area contributed by atoms with Gasteiger partial charge in [-0.1, -0.05) is 12.1 Å². The summed E-state index contributed by atoms with van der Waals surface area (Å²) >= 11 is 0. The van der Waals surface area contributed by atoms with E-state index in [0.717, 1.165) is 11.6 Å². The number of aryl methyl sites for hydroxylation is 1. The highest BCUT2D eigenvalue weighted by Gasteiger charge is 2.21. The Labute approximate surface area is 195 Å². The molecular formula is C23H21N3O7S. The lowest BCUT2D eigenvalue weighted by atomic mass is 10.1. The minimum Gasteiger partial charge on any atom is -0.454 e. The monoisotopic (exact) mass is 483 g/mol. The van der Waals surface area contributed by atoms with Gasteiger partial charge in [0, 0.05) is 22.9 Å². The van der Waals surface area contributed by atoms with Crippen LogP contribution in [0.25, 0.3) is 0 Å². The molecule has 1 aliphatic rings. The van der Waals surface area contributed by atoms with Crippen molar-refractivity contribution in [2.24, 2.45) is 0 Å². The normalized spacial score (nSPS) is 13.2. The third-order valence-electron chi connectivity index (χ3n) is 5.33. The summed E-state index contributed by atoms with van der Waals surface area (Å²) in [6.45, 7) is 3.52. The first-order chi connectivity index (χ1) is 16.1. The van der Waals surface area contributed by atoms with Gasteiger partial charge in [0.25, 0.3) is 21.6 Å². The van der Waals surface area contributed by atoms with Gasteiger partial charge in [0.15, 0.2) is 11.5 Å². The van der Waals surface area contributed by atoms with Crippen molar-refractivity contribution < 1.29 is 27.6 Å². The van der Waals surface area contributed by atoms with E-state index in [1.165, 1.54) is 43.3 Å². The van der Waals surface area contributed by atoms with Gasteiger partial charge in [0.1, 0.15) is 0 Å². The molecule has 34 heavy (non-hydrogen) atoms. The van der Waals surface area contributed by atoms with Gasteiger partial charge in [-0.25, -0.2) is 8.42 Å². The molecule has 0 saturated carbocycles. The van der Waals surface area contributed by atoms with E-state index in [1.807, 2.05) is 13.0 Å². The average Bonchev–Trinajstić information content (AvgIpc) is 3.27. The van der Waals surface area contributed by atoms with E-state index in [2.05, 4.69) is 10.0 Å². The second-order valence-electron chi connectivity index (χ2n) is 7.70. The molecule has 176 valence electrons. The Bertz CT molecular complexity index is 1370. The Hall–Kier alpha value is -4.12. The zero-order chi connectivity index (χ0) is 24.5. The van der Waals surface area contributed by atoms with Crippen LogP contribution >= 0.6 is 0 Å². The molecule has 1 heterocycles. The molecule has 0 fully saturated rings. The molecule has 4 rings (SSSR count). The highest BCUT2D eigenvalue weighted by Crippen LogP contribution is 2.34. The zero-order valence-electron chi connectivity index (χ0n) is 18.3. The van der Waals surface area contributed by atoms with Gasteiger partial charge in [-0.15, -0.1) is 0 Å². The number of nitro groups is 1. The zero-order valence-corrected chi connectivity index (χ0v) is 19.1. The minimum absolute atomic E-state index is 0.163. The number of hydrogen-bond acceptors (Lipinski definition) is 7. The maximum absolute atomic E-state index is 12.7. The molecule has 1 atom stereocenters. The number of carbonyl (C=O) groups is 1. The van der Waals surface area contributed by atoms with Crippen LogP contribution in [0.15, 0.2) is 65.6 Å². The maximum Gasteiger partial charge on any atom is 0.273 e. The first-order valence-corrected chi connectivity index (χ1v) is 11.7. The van der Waals surface area contributed by atoms with Gasteiger partial charge in [-0.3, -0.25) is 19.6 Å². The van der Waals surface area contributed by atoms with Crippen LogP contribution in [0, 0.1) is 17.0 Å². The van der Waals surface area contributed by atoms with E-state index in [-0.39, 0.29) is 35.0 Å². The van der Waals surface area contributed by atoms with Crippen molar-refractivity contribution in [3.8, 4) is 11.5 Å². The van der Waals surface area contributed by atoms with E-state index in [1.54, 1.807) is 12.1 Å². The van der Waals surface area contributed by atoms with Crippen molar-refractivity contribution in [2.75, 3.05) is 11.5 Å². The van der Waals surface area contributed by atoms with Crippen LogP contribution in [0.2, 0.25) is 0 Å². The lowest BCUT2D eigenvalue weighted by Gasteiger charge is -2.15. The first-order valence-electron chi connectivity index (χ1n) is 10.2. The molecule has 0 aliphatic carbocycles. The van der Waals surface area contributed by atoms with Gasteiger partial charge in [0.2, 0.25) is 6.79 Å². The fraction of sp³-hybridized carbons (Fsp3) is 0.174. The third kappa shape index (κ3) is 4.79. The summed E-state index contributed by atoms with van der Waals surface area (Å²) in [5, 5.41) is 14.0. The molecule has 0 saturated heterocycles. The second kappa shape index (κ2) is 9.02. The van der Waals surface area contributed by atoms with Crippen LogP contribution in [0.4, 0.5) is 11.4 Å². The van der Waals surface area contributed by atoms with Crippen LogP contribution in [-0.2, 0) is 10.0 Å². The van der Waals surface area contributed by atoms with Crippen LogP contribution < -0.4 is 19.5 Å². The lowest BCUT2D eigenvalue weighted by molar-refractivity contribution is -0.385. The van der Waals surface area contributed by atoms with Crippen molar-refractivity contribution in [1.82, 2.24) is 5.32 Å². The summed E-state index contributed by atoms with van der Waals surface area (Å²) in [6, 6.07) is 14.7. The minimum atomic E-state index is -4.06. The molecule has 0 radical (unpaired) electrons. The number of hydrogen-bond donors (Lipinski definition) is 2. The van der Waals surface area contributed by atoms with Gasteiger partial charge < -0.3 is 14.8 Å². The fourth-order valence-corrected chi connectivity index (χ4v) is 4.48. The molecule has 0 bridgehead atoms. The number of fused-ring (bicyclic) bond motifs is 1. The maximum atomic E-state index is 12.7. The Balaban J connectivity index is 1.44. The van der Waals surface area contributed by atoms with E-state index < -0.39 is 14.9 Å². The Kier molecular flexibility index (Phi) is 6.12. The predicted octanol–water partition coefficient (Wildman–Crippen LogP) is 3.92. The molecule has 11 heteroatoms. The van der Waals surface area contributed by atoms with E-state index in [4.69, 9.17) is 9.47 Å². The topological polar surface area (TPSA) is 137 Å². The van der Waals surface area contributed by atoms with Gasteiger partial charge in [0.05, 0.1) is 15.9 Å². The summed E-state index contributed by atoms with van der Waals surface area (Å²) in [5.74, 6) is 0.934. The van der Waals surface area contributed by atoms with Crippen molar-refractivity contribution >= 4 is 27.3 Å². The molecule has 3 aromatic rings. The van der Waals surface area contributed by atoms with Gasteiger partial charge in [-0.2, -0.15) is 0 Å². The van der Waals surface area contributed by atoms with Crippen LogP contribution in [-0.4, -0.2) is 26.0 Å². The number of anilines is 1. The molecular weight excluding hydrogens is 462 g/mol. The number of carbonyl (C=O) groups excluding carboxylic acids is 1. The second-order valence-corrected chi connectivity index (χ2v) is 9.38. The summed E-state index contributed by atoms with van der Waals surface area (Å²) in [6.07, 6.45) is 0. The smallest absolute Gasteiger partial charge is 0.273 e. The van der Waals surface area contributed by atoms with E-state index >= 15 is 0 Å². The quantitative estimate of drug-likeness (QED) is 0.384. The molecule has 3 aromatic carbocycles. The largest absolute Gasteiger partial charge is 0.454 e. The van der Waals surface area contributed by atoms with Crippen molar-refractivity contribution in [2.45, 2.75) is 24.8 Å². The van der Waals surface area contributed by atoms with Crippen LogP contribution in [0.5, 0.6) is 11.5 Å². The van der Waals surface area contributed by atoms with Crippen molar-refractivity contribution in [1.29, 1.82) is 0 Å². The molecule has 1 aliphatic heterocycles. The summed E-state index contributed by atoms with van der Waals surface area (Å²) in [5.41, 5.74) is 1.46. The highest BCUT2D eigenvalue weighted by molar-refractivity contribution is 7.92. The lowest BCUT2D eigenvalue weighted by Crippen LogP contribution is -2.26. The molecule has 0 spiro atoms. The Morgan fingerprint density at radius 3 is 2.44 bits per heavy atom. The summed E-state index contributed by atoms with van der Waals surface area (Å²) in [7, 11) is -4.06. The van der Waals surface area contributed by atoms with Crippen LogP contribution in [0.3, 0.4) is 0 Å². The first kappa shape index (κ1) is 23.1. The van der Waals surface area contributed by atoms with Gasteiger partial charge in [-0.05, 0) is 61.9 Å². The SMILES string of the molecule is Cc1ccc(S(=O)(=O)Nc2ccc(C(=O)NC(C)c3ccc4c(c3)OCO4)cc2)cc1[N+](=O)[O-]. The molecule has 0 aromatic heterocycles. The Morgan fingerprint density at radius 2 is 1.74 bits per heavy atom. The van der Waals surface area contributed by atoms with Crippen molar-refractivity contribution in [3.05, 3.63) is 87.5 Å². The number of nitrogens with one attached hydrogen (secondary N) is 2. The third-order valence-corrected chi connectivity index (χ3v) is 6.71. The van der Waals surface area contributed by atoms with Crippen molar-refractivity contribution in [3.63, 3.8) is 0 Å². The number of amides is 1. The standard InChI is InChI=1S/C23H21N3O7S/c1-14-3-9-19(12-20(14)26(28)29)34(30,31)25-18-7-4-16(5-8-18)23(27)24-15(2)17-6-10-21-22(11-17)33-13-32-21/h3-12,15,25H,13H2,1-2H3,(H,24,27).